The molecule has 1 rings (SSSR count). The van der Waals surface area contributed by atoms with Crippen LogP contribution < -0.4 is 4.72 Å². The van der Waals surface area contributed by atoms with Gasteiger partial charge in [-0.05, 0) is 18.1 Å². The number of hydrogen-bond donors (Lipinski definition) is 1. The normalized spacial score (nSPS) is 13.4. The second-order valence-corrected chi connectivity index (χ2v) is 5.92. The molecule has 0 aromatic carbocycles. The molecule has 4 nitrogen and oxygen atoms in total. The van der Waals surface area contributed by atoms with Gasteiger partial charge in [0, 0.05) is 12.1 Å². The van der Waals surface area contributed by atoms with Crippen LogP contribution >= 0.6 is 23.2 Å². The van der Waals surface area contributed by atoms with Crippen molar-refractivity contribution in [3.63, 3.8) is 0 Å². The number of aromatic nitrogens is 1. The first-order chi connectivity index (χ1) is 7.44. The Bertz CT molecular complexity index is 451. The van der Waals surface area contributed by atoms with Crippen LogP contribution in [0.1, 0.15) is 6.92 Å². The number of sulfonamides is 1. The monoisotopic (exact) mass is 282 g/mol. The Morgan fingerprint density at radius 3 is 2.81 bits per heavy atom. The molecule has 16 heavy (non-hydrogen) atoms. The summed E-state index contributed by atoms with van der Waals surface area (Å²) in [5.41, 5.74) is 0.283. The van der Waals surface area contributed by atoms with E-state index in [0.717, 1.165) is 0 Å². The van der Waals surface area contributed by atoms with E-state index < -0.39 is 10.0 Å². The van der Waals surface area contributed by atoms with Crippen molar-refractivity contribution in [1.29, 1.82) is 0 Å². The number of halogens is 2. The third-order valence-electron chi connectivity index (χ3n) is 1.79. The summed E-state index contributed by atoms with van der Waals surface area (Å²) in [4.78, 5) is 3.78. The molecule has 1 aromatic heterocycles. The van der Waals surface area contributed by atoms with Crippen molar-refractivity contribution in [2.45, 2.75) is 6.92 Å². The van der Waals surface area contributed by atoms with Gasteiger partial charge in [0.15, 0.2) is 5.15 Å². The molecule has 0 aliphatic carbocycles. The summed E-state index contributed by atoms with van der Waals surface area (Å²) >= 11 is 11.3. The van der Waals surface area contributed by atoms with E-state index in [1.54, 1.807) is 19.1 Å². The van der Waals surface area contributed by atoms with Gasteiger partial charge in [-0.25, -0.2) is 13.4 Å². The van der Waals surface area contributed by atoms with Crippen LogP contribution in [0.4, 0.5) is 5.69 Å². The third kappa shape index (κ3) is 4.15. The molecule has 1 atom stereocenters. The molecule has 0 spiro atoms. The maximum absolute atomic E-state index is 11.7. The third-order valence-corrected chi connectivity index (χ3v) is 4.16. The predicted molar refractivity (Wildman–Crippen MR) is 66.5 cm³/mol. The second-order valence-electron chi connectivity index (χ2n) is 3.48. The Morgan fingerprint density at radius 1 is 1.56 bits per heavy atom. The number of nitrogens with zero attached hydrogens (tertiary/aromatic N) is 1. The Balaban J connectivity index is 2.77. The van der Waals surface area contributed by atoms with Gasteiger partial charge in [-0.15, -0.1) is 11.6 Å². The van der Waals surface area contributed by atoms with Crippen LogP contribution in [0.15, 0.2) is 18.3 Å². The van der Waals surface area contributed by atoms with Crippen LogP contribution in [0.3, 0.4) is 0 Å². The van der Waals surface area contributed by atoms with Gasteiger partial charge in [0.2, 0.25) is 10.0 Å². The molecule has 90 valence electrons. The van der Waals surface area contributed by atoms with Gasteiger partial charge in [-0.3, -0.25) is 4.72 Å². The number of pyridine rings is 1. The quantitative estimate of drug-likeness (QED) is 0.666. The van der Waals surface area contributed by atoms with E-state index in [0.29, 0.717) is 5.88 Å². The highest BCUT2D eigenvalue weighted by Gasteiger charge is 2.16. The maximum Gasteiger partial charge on any atom is 0.233 e. The van der Waals surface area contributed by atoms with Crippen molar-refractivity contribution in [2.75, 3.05) is 16.4 Å². The lowest BCUT2D eigenvalue weighted by Crippen LogP contribution is -2.22. The lowest BCUT2D eigenvalue weighted by molar-refractivity contribution is 0.588. The summed E-state index contributed by atoms with van der Waals surface area (Å²) in [6.07, 6.45) is 1.49. The number of anilines is 1. The smallest absolute Gasteiger partial charge is 0.233 e. The Kier molecular flexibility index (Phi) is 4.83. The molecule has 0 aliphatic heterocycles. The molecule has 7 heteroatoms. The highest BCUT2D eigenvalue weighted by atomic mass is 35.5. The Labute approximate surface area is 105 Å². The van der Waals surface area contributed by atoms with Crippen molar-refractivity contribution in [3.05, 3.63) is 23.5 Å². The van der Waals surface area contributed by atoms with E-state index in [-0.39, 0.29) is 22.5 Å². The fourth-order valence-corrected chi connectivity index (χ4v) is 3.00. The lowest BCUT2D eigenvalue weighted by atomic mass is 10.3. The second kappa shape index (κ2) is 5.70. The molecular weight excluding hydrogens is 271 g/mol. The van der Waals surface area contributed by atoms with E-state index in [4.69, 9.17) is 23.2 Å². The lowest BCUT2D eigenvalue weighted by Gasteiger charge is -2.11. The van der Waals surface area contributed by atoms with Crippen LogP contribution in [0.25, 0.3) is 0 Å². The van der Waals surface area contributed by atoms with Gasteiger partial charge >= 0.3 is 0 Å². The average Bonchev–Trinajstić information content (AvgIpc) is 2.20. The molecule has 1 heterocycles. The van der Waals surface area contributed by atoms with E-state index in [2.05, 4.69) is 9.71 Å². The van der Waals surface area contributed by atoms with Crippen molar-refractivity contribution in [2.24, 2.45) is 5.92 Å². The maximum atomic E-state index is 11.7. The standard InChI is InChI=1S/C9H12Cl2N2O2S/c1-7(5-10)6-16(14,15)13-8-3-2-4-12-9(8)11/h2-4,7,13H,5-6H2,1H3. The first-order valence-corrected chi connectivity index (χ1v) is 7.18. The van der Waals surface area contributed by atoms with Crippen molar-refractivity contribution >= 4 is 38.9 Å². The van der Waals surface area contributed by atoms with Gasteiger partial charge < -0.3 is 0 Å². The summed E-state index contributed by atoms with van der Waals surface area (Å²) in [7, 11) is -3.43. The van der Waals surface area contributed by atoms with Gasteiger partial charge in [0.05, 0.1) is 11.4 Å². The van der Waals surface area contributed by atoms with E-state index in [1.807, 2.05) is 0 Å². The zero-order chi connectivity index (χ0) is 12.2. The van der Waals surface area contributed by atoms with Crippen LogP contribution in [-0.4, -0.2) is 25.0 Å². The van der Waals surface area contributed by atoms with Gasteiger partial charge in [0.1, 0.15) is 0 Å². The number of hydrogen-bond acceptors (Lipinski definition) is 3. The molecule has 1 unspecified atom stereocenters. The first kappa shape index (κ1) is 13.5. The molecule has 0 bridgehead atoms. The molecular formula is C9H12Cl2N2O2S. The van der Waals surface area contributed by atoms with Gasteiger partial charge in [-0.1, -0.05) is 18.5 Å². The molecule has 0 saturated heterocycles. The van der Waals surface area contributed by atoms with E-state index in [1.165, 1.54) is 6.20 Å². The zero-order valence-corrected chi connectivity index (χ0v) is 11.0. The van der Waals surface area contributed by atoms with Gasteiger partial charge in [0.25, 0.3) is 0 Å². The van der Waals surface area contributed by atoms with Crippen LogP contribution in [0.2, 0.25) is 5.15 Å². The minimum absolute atomic E-state index is 0.0400. The fraction of sp³-hybridized carbons (Fsp3) is 0.444. The minimum atomic E-state index is -3.43. The van der Waals surface area contributed by atoms with E-state index >= 15 is 0 Å². The topological polar surface area (TPSA) is 59.1 Å². The fourth-order valence-electron chi connectivity index (χ4n) is 1.09. The molecule has 0 fully saturated rings. The summed E-state index contributed by atoms with van der Waals surface area (Å²) < 4.78 is 25.7. The Morgan fingerprint density at radius 2 is 2.25 bits per heavy atom. The van der Waals surface area contributed by atoms with Crippen molar-refractivity contribution < 1.29 is 8.42 Å². The predicted octanol–water partition coefficient (Wildman–Crippen LogP) is 2.35. The Hall–Kier alpha value is -0.520. The summed E-state index contributed by atoms with van der Waals surface area (Å²) in [6.45, 7) is 1.76. The van der Waals surface area contributed by atoms with Crippen molar-refractivity contribution in [1.82, 2.24) is 4.98 Å². The summed E-state index contributed by atoms with van der Waals surface area (Å²) in [6, 6.07) is 3.16. The van der Waals surface area contributed by atoms with E-state index in [9.17, 15) is 8.42 Å². The number of alkyl halides is 1. The summed E-state index contributed by atoms with van der Waals surface area (Å²) in [5, 5.41) is 0.129. The van der Waals surface area contributed by atoms with Crippen LogP contribution in [-0.2, 0) is 10.0 Å². The number of nitrogens with one attached hydrogen (secondary N) is 1. The zero-order valence-electron chi connectivity index (χ0n) is 8.65. The minimum Gasteiger partial charge on any atom is -0.280 e. The average molecular weight is 283 g/mol. The molecule has 0 amide bonds. The van der Waals surface area contributed by atoms with Gasteiger partial charge in [-0.2, -0.15) is 0 Å². The molecule has 1 N–H and O–H groups in total. The highest BCUT2D eigenvalue weighted by Crippen LogP contribution is 2.19. The van der Waals surface area contributed by atoms with Crippen LogP contribution in [0, 0.1) is 5.92 Å². The largest absolute Gasteiger partial charge is 0.280 e. The highest BCUT2D eigenvalue weighted by molar-refractivity contribution is 7.92. The van der Waals surface area contributed by atoms with Crippen molar-refractivity contribution in [3.8, 4) is 0 Å². The van der Waals surface area contributed by atoms with Crippen LogP contribution in [0.5, 0.6) is 0 Å². The number of rotatable bonds is 5. The summed E-state index contributed by atoms with van der Waals surface area (Å²) in [5.74, 6) is 0.137. The SMILES string of the molecule is CC(CCl)CS(=O)(=O)Nc1cccnc1Cl. The molecule has 0 aliphatic rings. The molecule has 0 saturated carbocycles. The molecule has 0 radical (unpaired) electrons. The molecule has 1 aromatic rings. The first-order valence-electron chi connectivity index (χ1n) is 4.61.